The Labute approximate surface area is 147 Å². The second kappa shape index (κ2) is 10.0. The Hall–Kier alpha value is -2.96. The number of nitrogens with zero attached hydrogens (tertiary/aromatic N) is 2. The molecule has 7 heteroatoms. The van der Waals surface area contributed by atoms with E-state index in [1.54, 1.807) is 30.3 Å². The first-order chi connectivity index (χ1) is 12.0. The second-order valence-corrected chi connectivity index (χ2v) is 4.95. The summed E-state index contributed by atoms with van der Waals surface area (Å²) in [5.41, 5.74) is 0.987. The molecule has 0 aliphatic carbocycles. The molecule has 0 aliphatic rings. The molecule has 7 nitrogen and oxygen atoms in total. The number of methoxy groups -OCH3 is 2. The first kappa shape index (κ1) is 20.1. The molecular formula is C18H24N2O5. The van der Waals surface area contributed by atoms with Gasteiger partial charge in [-0.15, -0.1) is 4.91 Å². The van der Waals surface area contributed by atoms with Gasteiger partial charge in [0.05, 0.1) is 14.2 Å². The van der Waals surface area contributed by atoms with Crippen LogP contribution in [0.25, 0.3) is 0 Å². The third-order valence-corrected chi connectivity index (χ3v) is 3.59. The predicted octanol–water partition coefficient (Wildman–Crippen LogP) is 4.05. The second-order valence-electron chi connectivity index (χ2n) is 4.95. The normalized spacial score (nSPS) is 9.60. The lowest BCUT2D eigenvalue weighted by Gasteiger charge is -2.20. The molecule has 136 valence electrons. The van der Waals surface area contributed by atoms with Crippen LogP contribution < -0.4 is 14.4 Å². The number of phenols is 2. The molecule has 2 aromatic carbocycles. The number of nitroso groups, excluding NO2 is 1. The van der Waals surface area contributed by atoms with Crippen molar-refractivity contribution < 1.29 is 19.7 Å². The van der Waals surface area contributed by atoms with Gasteiger partial charge >= 0.3 is 0 Å². The molecule has 2 aromatic rings. The zero-order valence-electron chi connectivity index (χ0n) is 14.9. The molecule has 25 heavy (non-hydrogen) atoms. The molecular weight excluding hydrogens is 324 g/mol. The van der Waals surface area contributed by atoms with Gasteiger partial charge in [-0.25, -0.2) is 0 Å². The standard InChI is InChI=1S/C10H14N2O2.C8H10O3/c1-3-12(4-2)8-5-6-9(11-14)10(13)7-8;1-10-6-4-3-5-7(11-2)8(6)9/h5-7,13H,3-4H2,1-2H3;3-5,9H,1-2H3. The Balaban J connectivity index is 0.000000257. The minimum absolute atomic E-state index is 0.0394. The maximum Gasteiger partial charge on any atom is 0.200 e. The highest BCUT2D eigenvalue weighted by atomic mass is 16.5. The highest BCUT2D eigenvalue weighted by Crippen LogP contribution is 2.34. The summed E-state index contributed by atoms with van der Waals surface area (Å²) in [4.78, 5) is 12.3. The van der Waals surface area contributed by atoms with Crippen LogP contribution in [0.3, 0.4) is 0 Å². The molecule has 0 unspecified atom stereocenters. The van der Waals surface area contributed by atoms with Crippen LogP contribution >= 0.6 is 0 Å². The third kappa shape index (κ3) is 5.27. The number of ether oxygens (including phenoxy) is 2. The molecule has 0 spiro atoms. The van der Waals surface area contributed by atoms with E-state index in [2.05, 4.69) is 10.1 Å². The van der Waals surface area contributed by atoms with E-state index < -0.39 is 0 Å². The number of anilines is 1. The van der Waals surface area contributed by atoms with Crippen LogP contribution in [0.5, 0.6) is 23.0 Å². The summed E-state index contributed by atoms with van der Waals surface area (Å²) in [5.74, 6) is 0.815. The van der Waals surface area contributed by atoms with E-state index in [0.717, 1.165) is 18.8 Å². The highest BCUT2D eigenvalue weighted by Gasteiger charge is 2.06. The van der Waals surface area contributed by atoms with Crippen molar-refractivity contribution in [2.45, 2.75) is 13.8 Å². The summed E-state index contributed by atoms with van der Waals surface area (Å²) in [5, 5.41) is 21.5. The SMILES string of the molecule is CCN(CC)c1ccc(N=O)c(O)c1.COc1cccc(OC)c1O. The van der Waals surface area contributed by atoms with Gasteiger partial charge in [0.1, 0.15) is 11.4 Å². The molecule has 0 saturated heterocycles. The fourth-order valence-corrected chi connectivity index (χ4v) is 2.21. The number of benzene rings is 2. The van der Waals surface area contributed by atoms with Crippen molar-refractivity contribution in [1.82, 2.24) is 0 Å². The molecule has 0 atom stereocenters. The van der Waals surface area contributed by atoms with Crippen LogP contribution in [0.1, 0.15) is 13.8 Å². The molecule has 2 N–H and O–H groups in total. The number of para-hydroxylation sites is 1. The minimum Gasteiger partial charge on any atom is -0.505 e. The Morgan fingerprint density at radius 3 is 1.96 bits per heavy atom. The summed E-state index contributed by atoms with van der Waals surface area (Å²) < 4.78 is 9.71. The van der Waals surface area contributed by atoms with Crippen LogP contribution in [0.4, 0.5) is 11.4 Å². The van der Waals surface area contributed by atoms with Crippen molar-refractivity contribution in [2.75, 3.05) is 32.2 Å². The minimum atomic E-state index is -0.0654. The van der Waals surface area contributed by atoms with Gasteiger partial charge in [-0.1, -0.05) is 6.07 Å². The molecule has 0 radical (unpaired) electrons. The zero-order chi connectivity index (χ0) is 18.8. The monoisotopic (exact) mass is 348 g/mol. The van der Waals surface area contributed by atoms with Gasteiger partial charge in [0, 0.05) is 24.8 Å². The van der Waals surface area contributed by atoms with E-state index in [0.29, 0.717) is 11.5 Å². The van der Waals surface area contributed by atoms with Crippen molar-refractivity contribution in [3.8, 4) is 23.0 Å². The summed E-state index contributed by atoms with van der Waals surface area (Å²) >= 11 is 0. The van der Waals surface area contributed by atoms with Gasteiger partial charge in [0.2, 0.25) is 5.75 Å². The lowest BCUT2D eigenvalue weighted by atomic mass is 10.2. The van der Waals surface area contributed by atoms with Crippen LogP contribution in [0, 0.1) is 4.91 Å². The summed E-state index contributed by atoms with van der Waals surface area (Å²) in [6, 6.07) is 9.94. The Morgan fingerprint density at radius 2 is 1.56 bits per heavy atom. The van der Waals surface area contributed by atoms with Gasteiger partial charge in [0.15, 0.2) is 11.5 Å². The van der Waals surface area contributed by atoms with E-state index in [1.807, 2.05) is 13.8 Å². The Bertz CT molecular complexity index is 665. The quantitative estimate of drug-likeness (QED) is 0.765. The average Bonchev–Trinajstić information content (AvgIpc) is 2.63. The van der Waals surface area contributed by atoms with Crippen molar-refractivity contribution in [2.24, 2.45) is 5.18 Å². The van der Waals surface area contributed by atoms with Crippen LogP contribution in [0.2, 0.25) is 0 Å². The molecule has 0 heterocycles. The maximum absolute atomic E-state index is 10.2. The lowest BCUT2D eigenvalue weighted by molar-refractivity contribution is 0.340. The van der Waals surface area contributed by atoms with E-state index >= 15 is 0 Å². The van der Waals surface area contributed by atoms with E-state index in [-0.39, 0.29) is 17.2 Å². The van der Waals surface area contributed by atoms with E-state index in [1.165, 1.54) is 20.3 Å². The number of aromatic hydroxyl groups is 2. The van der Waals surface area contributed by atoms with Crippen molar-refractivity contribution in [3.63, 3.8) is 0 Å². The topological polar surface area (TPSA) is 91.6 Å². The number of hydrogen-bond donors (Lipinski definition) is 2. The van der Waals surface area contributed by atoms with Crippen LogP contribution in [0.15, 0.2) is 41.6 Å². The molecule has 0 aromatic heterocycles. The summed E-state index contributed by atoms with van der Waals surface area (Å²) in [6.45, 7) is 5.80. The van der Waals surface area contributed by atoms with Gasteiger partial charge in [-0.3, -0.25) is 0 Å². The lowest BCUT2D eigenvalue weighted by Crippen LogP contribution is -2.21. The smallest absolute Gasteiger partial charge is 0.200 e. The maximum atomic E-state index is 10.2. The highest BCUT2D eigenvalue weighted by molar-refractivity contribution is 5.61. The Morgan fingerprint density at radius 1 is 1.00 bits per heavy atom. The van der Waals surface area contributed by atoms with Gasteiger partial charge < -0.3 is 24.6 Å². The van der Waals surface area contributed by atoms with Crippen molar-refractivity contribution in [1.29, 1.82) is 0 Å². The Kier molecular flexibility index (Phi) is 8.05. The number of phenolic OH excluding ortho intramolecular Hbond substituents is 2. The van der Waals surface area contributed by atoms with Crippen LogP contribution in [-0.4, -0.2) is 37.5 Å². The summed E-state index contributed by atoms with van der Waals surface area (Å²) in [6.07, 6.45) is 0. The molecule has 0 bridgehead atoms. The first-order valence-corrected chi connectivity index (χ1v) is 7.83. The average molecular weight is 348 g/mol. The van der Waals surface area contributed by atoms with Crippen molar-refractivity contribution in [3.05, 3.63) is 41.3 Å². The van der Waals surface area contributed by atoms with E-state index in [9.17, 15) is 15.1 Å². The van der Waals surface area contributed by atoms with Gasteiger partial charge in [-0.05, 0) is 43.3 Å². The van der Waals surface area contributed by atoms with Gasteiger partial charge in [-0.2, -0.15) is 0 Å². The fraction of sp³-hybridized carbons (Fsp3) is 0.333. The fourth-order valence-electron chi connectivity index (χ4n) is 2.21. The predicted molar refractivity (Wildman–Crippen MR) is 98.3 cm³/mol. The van der Waals surface area contributed by atoms with Gasteiger partial charge in [0.25, 0.3) is 0 Å². The third-order valence-electron chi connectivity index (χ3n) is 3.59. The molecule has 2 rings (SSSR count). The number of rotatable bonds is 6. The molecule has 0 aliphatic heterocycles. The van der Waals surface area contributed by atoms with E-state index in [4.69, 9.17) is 9.47 Å². The largest absolute Gasteiger partial charge is 0.505 e. The number of hydrogen-bond acceptors (Lipinski definition) is 7. The zero-order valence-corrected chi connectivity index (χ0v) is 14.9. The van der Waals surface area contributed by atoms with Crippen LogP contribution in [-0.2, 0) is 0 Å². The molecule has 0 saturated carbocycles. The first-order valence-electron chi connectivity index (χ1n) is 7.83. The molecule has 0 fully saturated rings. The summed E-state index contributed by atoms with van der Waals surface area (Å²) in [7, 11) is 2.99. The molecule has 0 amide bonds. The van der Waals surface area contributed by atoms with Crippen molar-refractivity contribution >= 4 is 11.4 Å².